The summed E-state index contributed by atoms with van der Waals surface area (Å²) >= 11 is 0. The number of benzene rings is 1. The van der Waals surface area contributed by atoms with E-state index in [0.29, 0.717) is 6.61 Å². The molecule has 1 aliphatic rings. The van der Waals surface area contributed by atoms with Crippen molar-refractivity contribution < 1.29 is 5.11 Å². The fourth-order valence-electron chi connectivity index (χ4n) is 2.42. The van der Waals surface area contributed by atoms with Crippen molar-refractivity contribution in [2.24, 2.45) is 0 Å². The van der Waals surface area contributed by atoms with Gasteiger partial charge in [0.2, 0.25) is 0 Å². The summed E-state index contributed by atoms with van der Waals surface area (Å²) in [4.78, 5) is 4.90. The Morgan fingerprint density at radius 2 is 1.82 bits per heavy atom. The predicted octanol–water partition coefficient (Wildman–Crippen LogP) is 1.50. The summed E-state index contributed by atoms with van der Waals surface area (Å²) in [5.41, 5.74) is 2.73. The van der Waals surface area contributed by atoms with Crippen LogP contribution >= 0.6 is 0 Å². The van der Waals surface area contributed by atoms with Gasteiger partial charge in [0.05, 0.1) is 0 Å². The average Bonchev–Trinajstić information content (AvgIpc) is 2.38. The van der Waals surface area contributed by atoms with Crippen molar-refractivity contribution >= 4 is 5.69 Å². The molecule has 0 amide bonds. The Labute approximate surface area is 104 Å². The largest absolute Gasteiger partial charge is 0.396 e. The molecule has 17 heavy (non-hydrogen) atoms. The van der Waals surface area contributed by atoms with Gasteiger partial charge in [0.1, 0.15) is 0 Å². The van der Waals surface area contributed by atoms with Crippen LogP contribution in [0.15, 0.2) is 24.3 Å². The van der Waals surface area contributed by atoms with Gasteiger partial charge in [-0.05, 0) is 25.0 Å². The summed E-state index contributed by atoms with van der Waals surface area (Å²) < 4.78 is 0. The molecule has 1 fully saturated rings. The van der Waals surface area contributed by atoms with Crippen LogP contribution in [0, 0.1) is 6.92 Å². The molecule has 2 rings (SSSR count). The maximum Gasteiger partial charge on any atom is 0.0443 e. The summed E-state index contributed by atoms with van der Waals surface area (Å²) in [5.74, 6) is 0. The fraction of sp³-hybridized carbons (Fsp3) is 0.571. The molecule has 0 spiro atoms. The summed E-state index contributed by atoms with van der Waals surface area (Å²) in [6.45, 7) is 7.90. The highest BCUT2D eigenvalue weighted by Gasteiger charge is 2.17. The molecule has 1 aromatic carbocycles. The third kappa shape index (κ3) is 3.20. The first kappa shape index (κ1) is 12.4. The monoisotopic (exact) mass is 234 g/mol. The van der Waals surface area contributed by atoms with Crippen LogP contribution in [0.1, 0.15) is 12.0 Å². The molecule has 3 heteroatoms. The molecule has 94 valence electrons. The van der Waals surface area contributed by atoms with E-state index < -0.39 is 0 Å². The van der Waals surface area contributed by atoms with E-state index in [2.05, 4.69) is 41.0 Å². The van der Waals surface area contributed by atoms with Gasteiger partial charge in [0.15, 0.2) is 0 Å². The van der Waals surface area contributed by atoms with Crippen molar-refractivity contribution in [3.8, 4) is 0 Å². The van der Waals surface area contributed by atoms with E-state index in [9.17, 15) is 0 Å². The molecule has 0 aliphatic carbocycles. The molecule has 0 aromatic heterocycles. The van der Waals surface area contributed by atoms with Crippen LogP contribution < -0.4 is 4.90 Å². The number of para-hydroxylation sites is 1. The molecule has 1 N–H and O–H groups in total. The standard InChI is InChI=1S/C14H22N2O/c1-13-5-2-3-6-14(13)16-10-8-15(9-11-16)7-4-12-17/h2-3,5-6,17H,4,7-12H2,1H3. The van der Waals surface area contributed by atoms with Crippen molar-refractivity contribution in [3.63, 3.8) is 0 Å². The normalized spacial score (nSPS) is 17.4. The van der Waals surface area contributed by atoms with Crippen molar-refractivity contribution in [2.75, 3.05) is 44.2 Å². The minimum absolute atomic E-state index is 0.304. The quantitative estimate of drug-likeness (QED) is 0.855. The van der Waals surface area contributed by atoms with E-state index in [1.807, 2.05) is 0 Å². The molecular weight excluding hydrogens is 212 g/mol. The Hall–Kier alpha value is -1.06. The number of anilines is 1. The van der Waals surface area contributed by atoms with Crippen molar-refractivity contribution in [1.82, 2.24) is 4.90 Å². The van der Waals surface area contributed by atoms with E-state index in [4.69, 9.17) is 5.11 Å². The first-order valence-electron chi connectivity index (χ1n) is 6.45. The number of nitrogens with zero attached hydrogens (tertiary/aromatic N) is 2. The molecule has 0 unspecified atom stereocenters. The van der Waals surface area contributed by atoms with Gasteiger partial charge in [0.25, 0.3) is 0 Å². The van der Waals surface area contributed by atoms with E-state index in [1.54, 1.807) is 0 Å². The second-order valence-corrected chi connectivity index (χ2v) is 4.69. The maximum atomic E-state index is 8.83. The minimum atomic E-state index is 0.304. The third-order valence-corrected chi connectivity index (χ3v) is 3.46. The zero-order valence-electron chi connectivity index (χ0n) is 10.6. The minimum Gasteiger partial charge on any atom is -0.396 e. The Morgan fingerprint density at radius 1 is 1.12 bits per heavy atom. The second-order valence-electron chi connectivity index (χ2n) is 4.69. The van der Waals surface area contributed by atoms with Gasteiger partial charge in [-0.3, -0.25) is 4.90 Å². The van der Waals surface area contributed by atoms with Crippen LogP contribution in [0.2, 0.25) is 0 Å². The number of rotatable bonds is 4. The van der Waals surface area contributed by atoms with E-state index in [0.717, 1.165) is 39.1 Å². The van der Waals surface area contributed by atoms with Crippen molar-refractivity contribution in [3.05, 3.63) is 29.8 Å². The Morgan fingerprint density at radius 3 is 2.47 bits per heavy atom. The lowest BCUT2D eigenvalue weighted by Crippen LogP contribution is -2.46. The molecule has 0 atom stereocenters. The number of aliphatic hydroxyl groups excluding tert-OH is 1. The van der Waals surface area contributed by atoms with Crippen molar-refractivity contribution in [2.45, 2.75) is 13.3 Å². The molecule has 3 nitrogen and oxygen atoms in total. The highest BCUT2D eigenvalue weighted by Crippen LogP contribution is 2.20. The topological polar surface area (TPSA) is 26.7 Å². The molecule has 1 aromatic rings. The van der Waals surface area contributed by atoms with Gasteiger partial charge in [0, 0.05) is 45.0 Å². The average molecular weight is 234 g/mol. The lowest BCUT2D eigenvalue weighted by Gasteiger charge is -2.36. The fourth-order valence-corrected chi connectivity index (χ4v) is 2.42. The summed E-state index contributed by atoms with van der Waals surface area (Å²) in [6, 6.07) is 8.59. The second kappa shape index (κ2) is 6.03. The first-order chi connectivity index (χ1) is 8.31. The summed E-state index contributed by atoms with van der Waals surface area (Å²) in [7, 11) is 0. The van der Waals surface area contributed by atoms with E-state index >= 15 is 0 Å². The predicted molar refractivity (Wildman–Crippen MR) is 71.5 cm³/mol. The molecule has 1 aliphatic heterocycles. The number of aryl methyl sites for hydroxylation is 1. The Bertz CT molecular complexity index is 346. The highest BCUT2D eigenvalue weighted by molar-refractivity contribution is 5.53. The maximum absolute atomic E-state index is 8.83. The lowest BCUT2D eigenvalue weighted by molar-refractivity contribution is 0.216. The molecule has 0 saturated carbocycles. The van der Waals surface area contributed by atoms with Crippen LogP contribution in [0.5, 0.6) is 0 Å². The van der Waals surface area contributed by atoms with Gasteiger partial charge in [-0.1, -0.05) is 18.2 Å². The van der Waals surface area contributed by atoms with Crippen LogP contribution in [-0.2, 0) is 0 Å². The Kier molecular flexibility index (Phi) is 4.40. The van der Waals surface area contributed by atoms with Crippen LogP contribution in [0.4, 0.5) is 5.69 Å². The van der Waals surface area contributed by atoms with Gasteiger partial charge >= 0.3 is 0 Å². The van der Waals surface area contributed by atoms with Gasteiger partial charge in [-0.25, -0.2) is 0 Å². The van der Waals surface area contributed by atoms with Gasteiger partial charge in [-0.2, -0.15) is 0 Å². The smallest absolute Gasteiger partial charge is 0.0443 e. The van der Waals surface area contributed by atoms with Crippen molar-refractivity contribution in [1.29, 1.82) is 0 Å². The van der Waals surface area contributed by atoms with Crippen LogP contribution in [-0.4, -0.2) is 49.3 Å². The van der Waals surface area contributed by atoms with Crippen LogP contribution in [0.3, 0.4) is 0 Å². The zero-order chi connectivity index (χ0) is 12.1. The molecule has 1 heterocycles. The third-order valence-electron chi connectivity index (χ3n) is 3.46. The number of piperazine rings is 1. The van der Waals surface area contributed by atoms with Gasteiger partial charge in [-0.15, -0.1) is 0 Å². The number of hydrogen-bond acceptors (Lipinski definition) is 3. The lowest BCUT2D eigenvalue weighted by atomic mass is 10.1. The molecular formula is C14H22N2O. The molecule has 0 bridgehead atoms. The summed E-state index contributed by atoms with van der Waals surface area (Å²) in [6.07, 6.45) is 0.893. The number of aliphatic hydroxyl groups is 1. The first-order valence-corrected chi connectivity index (χ1v) is 6.45. The van der Waals surface area contributed by atoms with Gasteiger partial charge < -0.3 is 10.0 Å². The van der Waals surface area contributed by atoms with E-state index in [-0.39, 0.29) is 0 Å². The highest BCUT2D eigenvalue weighted by atomic mass is 16.3. The van der Waals surface area contributed by atoms with E-state index in [1.165, 1.54) is 11.3 Å². The number of hydrogen-bond donors (Lipinski definition) is 1. The SMILES string of the molecule is Cc1ccccc1N1CCN(CCCO)CC1. The zero-order valence-corrected chi connectivity index (χ0v) is 10.6. The Balaban J connectivity index is 1.89. The summed E-state index contributed by atoms with van der Waals surface area (Å²) in [5, 5.41) is 8.83. The van der Waals surface area contributed by atoms with Crippen LogP contribution in [0.25, 0.3) is 0 Å². The molecule has 1 saturated heterocycles. The molecule has 0 radical (unpaired) electrons.